The van der Waals surface area contributed by atoms with Gasteiger partial charge < -0.3 is 5.32 Å². The first-order valence-corrected chi connectivity index (χ1v) is 6.00. The Kier molecular flexibility index (Phi) is 5.76. The second-order valence-electron chi connectivity index (χ2n) is 3.72. The van der Waals surface area contributed by atoms with Crippen LogP contribution in [0.1, 0.15) is 12.5 Å². The van der Waals surface area contributed by atoms with Crippen LogP contribution in [-0.4, -0.2) is 10.9 Å². The number of pyridine rings is 1. The van der Waals surface area contributed by atoms with Gasteiger partial charge in [0.1, 0.15) is 5.82 Å². The highest BCUT2D eigenvalue weighted by molar-refractivity contribution is 6.36. The molecule has 0 saturated carbocycles. The Morgan fingerprint density at radius 1 is 1.42 bits per heavy atom. The average Bonchev–Trinajstić information content (AvgIpc) is 2.35. The van der Waals surface area contributed by atoms with Gasteiger partial charge in [-0.15, -0.1) is 0 Å². The molecule has 0 aromatic carbocycles. The zero-order valence-electron chi connectivity index (χ0n) is 10.7. The summed E-state index contributed by atoms with van der Waals surface area (Å²) in [5, 5.41) is 3.02. The van der Waals surface area contributed by atoms with Gasteiger partial charge in [-0.25, -0.2) is 4.98 Å². The molecule has 0 aliphatic rings. The summed E-state index contributed by atoms with van der Waals surface area (Å²) in [5.74, 6) is 0.337. The number of allylic oxidation sites excluding steroid dienone is 6. The monoisotopic (exact) mass is 274 g/mol. The van der Waals surface area contributed by atoms with E-state index in [1.165, 1.54) is 6.92 Å². The Labute approximate surface area is 118 Å². The van der Waals surface area contributed by atoms with Gasteiger partial charge in [-0.1, -0.05) is 49.1 Å². The van der Waals surface area contributed by atoms with Gasteiger partial charge in [-0.05, 0) is 12.1 Å². The van der Waals surface area contributed by atoms with Gasteiger partial charge in [0.25, 0.3) is 0 Å². The maximum Gasteiger partial charge on any atom is 0.222 e. The van der Waals surface area contributed by atoms with Gasteiger partial charge >= 0.3 is 0 Å². The molecule has 0 spiro atoms. The van der Waals surface area contributed by atoms with Crippen molar-refractivity contribution in [1.82, 2.24) is 4.98 Å². The van der Waals surface area contributed by atoms with Gasteiger partial charge in [0, 0.05) is 29.3 Å². The Morgan fingerprint density at radius 2 is 2.16 bits per heavy atom. The standard InChI is InChI=1S/C15H15ClN2O/c1-4-5-6-7-14(11(2)16)13-8-9-15(17-10-13)18-12(3)19/h4-10H,1-2H2,3H3,(H,17,18,19). The number of amides is 1. The van der Waals surface area contributed by atoms with Crippen LogP contribution in [0.3, 0.4) is 0 Å². The molecule has 0 aliphatic heterocycles. The second-order valence-corrected chi connectivity index (χ2v) is 4.18. The van der Waals surface area contributed by atoms with E-state index in [1.54, 1.807) is 24.4 Å². The van der Waals surface area contributed by atoms with Crippen molar-refractivity contribution in [2.24, 2.45) is 0 Å². The smallest absolute Gasteiger partial charge is 0.222 e. The van der Waals surface area contributed by atoms with Crippen molar-refractivity contribution in [3.05, 3.63) is 66.4 Å². The lowest BCUT2D eigenvalue weighted by molar-refractivity contribution is -0.114. The molecular formula is C15H15ClN2O. The van der Waals surface area contributed by atoms with Crippen molar-refractivity contribution in [1.29, 1.82) is 0 Å². The third-order valence-electron chi connectivity index (χ3n) is 2.18. The van der Waals surface area contributed by atoms with Crippen LogP contribution in [0, 0.1) is 0 Å². The zero-order chi connectivity index (χ0) is 14.3. The maximum absolute atomic E-state index is 10.9. The fraction of sp³-hybridized carbons (Fsp3) is 0.0667. The molecule has 0 atom stereocenters. The molecule has 1 heterocycles. The summed E-state index contributed by atoms with van der Waals surface area (Å²) < 4.78 is 0. The molecule has 3 nitrogen and oxygen atoms in total. The molecule has 19 heavy (non-hydrogen) atoms. The van der Waals surface area contributed by atoms with Crippen LogP contribution >= 0.6 is 11.6 Å². The highest BCUT2D eigenvalue weighted by Gasteiger charge is 2.04. The van der Waals surface area contributed by atoms with E-state index in [0.29, 0.717) is 10.9 Å². The van der Waals surface area contributed by atoms with Crippen LogP contribution in [0.4, 0.5) is 5.82 Å². The predicted octanol–water partition coefficient (Wildman–Crippen LogP) is 3.92. The zero-order valence-corrected chi connectivity index (χ0v) is 11.4. The van der Waals surface area contributed by atoms with Crippen LogP contribution in [0.2, 0.25) is 0 Å². The van der Waals surface area contributed by atoms with E-state index in [-0.39, 0.29) is 5.91 Å². The first-order valence-electron chi connectivity index (χ1n) is 5.62. The fourth-order valence-electron chi connectivity index (χ4n) is 1.38. The summed E-state index contributed by atoms with van der Waals surface area (Å²) in [5.41, 5.74) is 1.59. The van der Waals surface area contributed by atoms with E-state index < -0.39 is 0 Å². The van der Waals surface area contributed by atoms with Gasteiger partial charge in [-0.3, -0.25) is 4.79 Å². The van der Waals surface area contributed by atoms with Gasteiger partial charge in [0.05, 0.1) is 0 Å². The molecule has 0 bridgehead atoms. The molecule has 0 unspecified atom stereocenters. The van der Waals surface area contributed by atoms with Crippen LogP contribution < -0.4 is 5.32 Å². The van der Waals surface area contributed by atoms with Gasteiger partial charge in [0.15, 0.2) is 0 Å². The normalized spacial score (nSPS) is 11.4. The molecule has 1 amide bonds. The molecular weight excluding hydrogens is 260 g/mol. The van der Waals surface area contributed by atoms with E-state index in [1.807, 2.05) is 18.2 Å². The number of carbonyl (C=O) groups excluding carboxylic acids is 1. The molecule has 0 saturated heterocycles. The highest BCUT2D eigenvalue weighted by Crippen LogP contribution is 2.24. The second kappa shape index (κ2) is 7.34. The minimum Gasteiger partial charge on any atom is -0.311 e. The summed E-state index contributed by atoms with van der Waals surface area (Å²) in [6, 6.07) is 3.53. The topological polar surface area (TPSA) is 42.0 Å². The van der Waals surface area contributed by atoms with E-state index in [9.17, 15) is 4.79 Å². The molecule has 0 fully saturated rings. The third-order valence-corrected chi connectivity index (χ3v) is 2.38. The molecule has 1 N–H and O–H groups in total. The minimum atomic E-state index is -0.160. The fourth-order valence-corrected chi connectivity index (χ4v) is 1.55. The van der Waals surface area contributed by atoms with Crippen molar-refractivity contribution < 1.29 is 4.79 Å². The molecule has 0 radical (unpaired) electrons. The number of nitrogens with one attached hydrogen (secondary N) is 1. The number of carbonyl (C=O) groups is 1. The van der Waals surface area contributed by atoms with Crippen LogP contribution in [0.5, 0.6) is 0 Å². The number of anilines is 1. The number of rotatable bonds is 5. The van der Waals surface area contributed by atoms with Crippen LogP contribution in [0.15, 0.2) is 60.8 Å². The molecule has 0 aliphatic carbocycles. The summed E-state index contributed by atoms with van der Waals surface area (Å²) in [6.45, 7) is 8.74. The Balaban J connectivity index is 3.01. The van der Waals surface area contributed by atoms with E-state index in [4.69, 9.17) is 11.6 Å². The lowest BCUT2D eigenvalue weighted by atomic mass is 10.1. The Hall–Kier alpha value is -2.13. The molecule has 4 heteroatoms. The number of halogens is 1. The van der Waals surface area contributed by atoms with Crippen molar-refractivity contribution in [2.75, 3.05) is 5.32 Å². The van der Waals surface area contributed by atoms with E-state index in [2.05, 4.69) is 23.5 Å². The Bertz CT molecular complexity index is 542. The number of hydrogen-bond donors (Lipinski definition) is 1. The average molecular weight is 275 g/mol. The molecule has 1 aromatic heterocycles. The SMILES string of the molecule is C=CC=CC=C(C(=C)Cl)c1ccc(NC(C)=O)nc1. The largest absolute Gasteiger partial charge is 0.311 e. The lowest BCUT2D eigenvalue weighted by Crippen LogP contribution is -2.07. The minimum absolute atomic E-state index is 0.160. The lowest BCUT2D eigenvalue weighted by Gasteiger charge is -2.06. The van der Waals surface area contributed by atoms with Crippen LogP contribution in [-0.2, 0) is 4.79 Å². The van der Waals surface area contributed by atoms with Crippen LogP contribution in [0.25, 0.3) is 5.57 Å². The molecule has 98 valence electrons. The van der Waals surface area contributed by atoms with Crippen molar-refractivity contribution in [2.45, 2.75) is 6.92 Å². The first-order chi connectivity index (χ1) is 9.04. The van der Waals surface area contributed by atoms with Crippen molar-refractivity contribution in [3.8, 4) is 0 Å². The predicted molar refractivity (Wildman–Crippen MR) is 80.8 cm³/mol. The Morgan fingerprint density at radius 3 is 2.63 bits per heavy atom. The molecule has 1 aromatic rings. The van der Waals surface area contributed by atoms with Crippen molar-refractivity contribution in [3.63, 3.8) is 0 Å². The van der Waals surface area contributed by atoms with E-state index in [0.717, 1.165) is 11.1 Å². The van der Waals surface area contributed by atoms with Gasteiger partial charge in [-0.2, -0.15) is 0 Å². The van der Waals surface area contributed by atoms with Gasteiger partial charge in [0.2, 0.25) is 5.91 Å². The molecule has 1 rings (SSSR count). The number of nitrogens with zero attached hydrogens (tertiary/aromatic N) is 1. The summed E-state index contributed by atoms with van der Waals surface area (Å²) in [4.78, 5) is 15.0. The third kappa shape index (κ3) is 4.94. The summed E-state index contributed by atoms with van der Waals surface area (Å²) in [6.07, 6.45) is 8.73. The number of hydrogen-bond acceptors (Lipinski definition) is 2. The summed E-state index contributed by atoms with van der Waals surface area (Å²) >= 11 is 5.96. The maximum atomic E-state index is 10.9. The summed E-state index contributed by atoms with van der Waals surface area (Å²) in [7, 11) is 0. The van der Waals surface area contributed by atoms with E-state index >= 15 is 0 Å². The van der Waals surface area contributed by atoms with Crippen molar-refractivity contribution >= 4 is 28.9 Å². The quantitative estimate of drug-likeness (QED) is 0.827. The number of aromatic nitrogens is 1. The highest BCUT2D eigenvalue weighted by atomic mass is 35.5. The first kappa shape index (κ1) is 14.9.